The molecule has 2 heteroatoms. The first-order valence-corrected chi connectivity index (χ1v) is 8.81. The minimum Gasteiger partial charge on any atom is -0.384 e. The summed E-state index contributed by atoms with van der Waals surface area (Å²) in [7, 11) is 0. The van der Waals surface area contributed by atoms with Gasteiger partial charge in [0.2, 0.25) is 0 Å². The number of hydrogen-bond acceptors (Lipinski definition) is 2. The van der Waals surface area contributed by atoms with E-state index in [1.807, 2.05) is 0 Å². The number of nitrogens with zero attached hydrogens (tertiary/aromatic N) is 1. The number of anilines is 1. The first kappa shape index (κ1) is 14.9. The number of benzene rings is 1. The van der Waals surface area contributed by atoms with E-state index in [0.29, 0.717) is 5.92 Å². The minimum absolute atomic E-state index is 0.675. The smallest absolute Gasteiger partial charge is 0.0376 e. The van der Waals surface area contributed by atoms with E-state index in [4.69, 9.17) is 0 Å². The number of hydrogen-bond donors (Lipinski definition) is 1. The van der Waals surface area contributed by atoms with Crippen LogP contribution in [0, 0.1) is 5.92 Å². The van der Waals surface area contributed by atoms with Crippen LogP contribution in [0.5, 0.6) is 0 Å². The number of para-hydroxylation sites is 1. The molecule has 0 bridgehead atoms. The lowest BCUT2D eigenvalue weighted by Gasteiger charge is -2.32. The molecule has 3 rings (SSSR count). The van der Waals surface area contributed by atoms with Crippen LogP contribution < -0.4 is 5.32 Å². The Labute approximate surface area is 129 Å². The van der Waals surface area contributed by atoms with Crippen LogP contribution in [-0.2, 0) is 0 Å². The van der Waals surface area contributed by atoms with Crippen molar-refractivity contribution in [1.82, 2.24) is 4.90 Å². The molecule has 1 atom stereocenters. The second kappa shape index (κ2) is 6.83. The van der Waals surface area contributed by atoms with E-state index in [0.717, 1.165) is 18.5 Å². The second-order valence-electron chi connectivity index (χ2n) is 7.28. The summed E-state index contributed by atoms with van der Waals surface area (Å²) in [6, 6.07) is 9.71. The van der Waals surface area contributed by atoms with Gasteiger partial charge < -0.3 is 5.32 Å². The lowest BCUT2D eigenvalue weighted by Crippen LogP contribution is -2.38. The Balaban J connectivity index is 1.66. The topological polar surface area (TPSA) is 15.3 Å². The summed E-state index contributed by atoms with van der Waals surface area (Å²) in [5, 5.41) is 3.58. The molecule has 0 radical (unpaired) electrons. The van der Waals surface area contributed by atoms with Crippen LogP contribution >= 0.6 is 0 Å². The highest BCUT2D eigenvalue weighted by atomic mass is 15.2. The number of fused-ring (bicyclic) bond motifs is 1. The molecule has 1 heterocycles. The maximum absolute atomic E-state index is 3.58. The molecule has 1 aromatic rings. The lowest BCUT2D eigenvalue weighted by molar-refractivity contribution is 0.179. The van der Waals surface area contributed by atoms with Gasteiger partial charge in [0.1, 0.15) is 0 Å². The Hall–Kier alpha value is -1.02. The maximum atomic E-state index is 3.58. The summed E-state index contributed by atoms with van der Waals surface area (Å²) in [5.74, 6) is 1.48. The second-order valence-corrected chi connectivity index (χ2v) is 7.28. The van der Waals surface area contributed by atoms with Crippen LogP contribution in [0.1, 0.15) is 57.4 Å². The van der Waals surface area contributed by atoms with Crippen molar-refractivity contribution in [2.45, 2.75) is 57.9 Å². The molecule has 2 nitrogen and oxygen atoms in total. The zero-order valence-electron chi connectivity index (χ0n) is 13.6. The standard InChI is InChI=1S/C19H30N2/c1-15(2)11-12-21(17-7-3-4-8-17)14-16-13-20-19-10-6-5-9-18(16)19/h5-6,9-10,15-17,20H,3-4,7-8,11-14H2,1-2H3. The lowest BCUT2D eigenvalue weighted by atomic mass is 9.99. The molecule has 0 spiro atoms. The third-order valence-electron chi connectivity index (χ3n) is 5.23. The van der Waals surface area contributed by atoms with Crippen LogP contribution in [0.25, 0.3) is 0 Å². The average molecular weight is 286 g/mol. The fourth-order valence-corrected chi connectivity index (χ4v) is 3.92. The van der Waals surface area contributed by atoms with Gasteiger partial charge in [0.25, 0.3) is 0 Å². The van der Waals surface area contributed by atoms with E-state index in [-0.39, 0.29) is 0 Å². The molecule has 1 unspecified atom stereocenters. The largest absolute Gasteiger partial charge is 0.384 e. The summed E-state index contributed by atoms with van der Waals surface area (Å²) in [5.41, 5.74) is 2.89. The molecule has 1 fully saturated rings. The van der Waals surface area contributed by atoms with Crippen LogP contribution in [0.3, 0.4) is 0 Å². The van der Waals surface area contributed by atoms with E-state index in [9.17, 15) is 0 Å². The van der Waals surface area contributed by atoms with Crippen LogP contribution in [-0.4, -0.2) is 30.6 Å². The average Bonchev–Trinajstić information content (AvgIpc) is 3.13. The Morgan fingerprint density at radius 3 is 2.71 bits per heavy atom. The van der Waals surface area contributed by atoms with Crippen molar-refractivity contribution < 1.29 is 0 Å². The molecular weight excluding hydrogens is 256 g/mol. The molecule has 0 aromatic heterocycles. The van der Waals surface area contributed by atoms with Crippen LogP contribution in [0.4, 0.5) is 5.69 Å². The normalized spacial score (nSPS) is 22.0. The molecule has 1 N–H and O–H groups in total. The van der Waals surface area contributed by atoms with E-state index in [1.165, 1.54) is 56.4 Å². The highest BCUT2D eigenvalue weighted by Gasteiger charge is 2.28. The van der Waals surface area contributed by atoms with Crippen LogP contribution in [0.2, 0.25) is 0 Å². The van der Waals surface area contributed by atoms with E-state index in [2.05, 4.69) is 48.3 Å². The van der Waals surface area contributed by atoms with Gasteiger partial charge in [-0.3, -0.25) is 4.90 Å². The molecule has 1 saturated carbocycles. The van der Waals surface area contributed by atoms with Crippen molar-refractivity contribution in [2.24, 2.45) is 5.92 Å². The Morgan fingerprint density at radius 2 is 1.95 bits per heavy atom. The minimum atomic E-state index is 0.675. The molecule has 21 heavy (non-hydrogen) atoms. The van der Waals surface area contributed by atoms with Gasteiger partial charge in [-0.1, -0.05) is 44.9 Å². The van der Waals surface area contributed by atoms with Gasteiger partial charge in [-0.25, -0.2) is 0 Å². The van der Waals surface area contributed by atoms with Gasteiger partial charge in [0.05, 0.1) is 0 Å². The van der Waals surface area contributed by atoms with Gasteiger partial charge in [-0.2, -0.15) is 0 Å². The molecule has 116 valence electrons. The van der Waals surface area contributed by atoms with E-state index in [1.54, 1.807) is 0 Å². The summed E-state index contributed by atoms with van der Waals surface area (Å²) in [6.07, 6.45) is 7.03. The van der Waals surface area contributed by atoms with Crippen LogP contribution in [0.15, 0.2) is 24.3 Å². The van der Waals surface area contributed by atoms with Gasteiger partial charge in [0.15, 0.2) is 0 Å². The highest BCUT2D eigenvalue weighted by Crippen LogP contribution is 2.33. The molecule has 1 aromatic carbocycles. The fourth-order valence-electron chi connectivity index (χ4n) is 3.92. The van der Waals surface area contributed by atoms with Crippen molar-refractivity contribution >= 4 is 5.69 Å². The van der Waals surface area contributed by atoms with Gasteiger partial charge in [-0.05, 0) is 43.4 Å². The third kappa shape index (κ3) is 3.60. The maximum Gasteiger partial charge on any atom is 0.0376 e. The molecule has 1 aliphatic heterocycles. The van der Waals surface area contributed by atoms with Gasteiger partial charge >= 0.3 is 0 Å². The zero-order valence-corrected chi connectivity index (χ0v) is 13.6. The summed E-state index contributed by atoms with van der Waals surface area (Å²) in [6.45, 7) is 8.32. The summed E-state index contributed by atoms with van der Waals surface area (Å²) in [4.78, 5) is 2.81. The fraction of sp³-hybridized carbons (Fsp3) is 0.684. The van der Waals surface area contributed by atoms with E-state index >= 15 is 0 Å². The third-order valence-corrected chi connectivity index (χ3v) is 5.23. The van der Waals surface area contributed by atoms with Crippen molar-refractivity contribution in [2.75, 3.05) is 25.0 Å². The molecule has 0 amide bonds. The quantitative estimate of drug-likeness (QED) is 0.829. The number of rotatable bonds is 6. The monoisotopic (exact) mass is 286 g/mol. The van der Waals surface area contributed by atoms with Crippen molar-refractivity contribution in [3.63, 3.8) is 0 Å². The first-order valence-electron chi connectivity index (χ1n) is 8.81. The van der Waals surface area contributed by atoms with Crippen molar-refractivity contribution in [1.29, 1.82) is 0 Å². The van der Waals surface area contributed by atoms with Gasteiger partial charge in [0, 0.05) is 30.7 Å². The summed E-state index contributed by atoms with van der Waals surface area (Å²) < 4.78 is 0. The Kier molecular flexibility index (Phi) is 4.84. The molecule has 0 saturated heterocycles. The predicted molar refractivity (Wildman–Crippen MR) is 91.0 cm³/mol. The SMILES string of the molecule is CC(C)CCN(CC1CNc2ccccc21)C1CCCC1. The molecular formula is C19H30N2. The molecule has 2 aliphatic rings. The Morgan fingerprint density at radius 1 is 1.19 bits per heavy atom. The highest BCUT2D eigenvalue weighted by molar-refractivity contribution is 5.57. The predicted octanol–water partition coefficient (Wildman–Crippen LogP) is 4.49. The molecule has 1 aliphatic carbocycles. The summed E-state index contributed by atoms with van der Waals surface area (Å²) >= 11 is 0. The first-order chi connectivity index (χ1) is 10.2. The van der Waals surface area contributed by atoms with Crippen molar-refractivity contribution in [3.8, 4) is 0 Å². The van der Waals surface area contributed by atoms with E-state index < -0.39 is 0 Å². The number of nitrogens with one attached hydrogen (secondary N) is 1. The van der Waals surface area contributed by atoms with Gasteiger partial charge in [-0.15, -0.1) is 0 Å². The zero-order chi connectivity index (χ0) is 14.7. The Bertz CT molecular complexity index is 449. The van der Waals surface area contributed by atoms with Crippen molar-refractivity contribution in [3.05, 3.63) is 29.8 Å².